The second kappa shape index (κ2) is 9.90. The summed E-state index contributed by atoms with van der Waals surface area (Å²) in [4.78, 5) is 26.2. The lowest BCUT2D eigenvalue weighted by Gasteiger charge is -2.33. The molecule has 0 aromatic heterocycles. The number of amides is 2. The predicted octanol–water partition coefficient (Wildman–Crippen LogP) is 2.49. The lowest BCUT2D eigenvalue weighted by Crippen LogP contribution is -2.47. The molecule has 0 spiro atoms. The van der Waals surface area contributed by atoms with E-state index in [1.165, 1.54) is 25.1 Å². The van der Waals surface area contributed by atoms with Crippen LogP contribution < -0.4 is 5.32 Å². The molecule has 2 aromatic carbocycles. The fourth-order valence-electron chi connectivity index (χ4n) is 3.67. The Morgan fingerprint density at radius 3 is 2.45 bits per heavy atom. The Balaban J connectivity index is 1.94. The highest BCUT2D eigenvalue weighted by Crippen LogP contribution is 2.37. The molecular weight excluding hydrogens is 441 g/mol. The lowest BCUT2D eigenvalue weighted by molar-refractivity contribution is -0.161. The summed E-state index contributed by atoms with van der Waals surface area (Å²) in [5.74, 6) is -6.87. The fourth-order valence-corrected chi connectivity index (χ4v) is 3.67. The van der Waals surface area contributed by atoms with Crippen molar-refractivity contribution in [2.75, 3.05) is 25.0 Å². The minimum atomic E-state index is -4.10. The number of hydrogen-bond donors (Lipinski definition) is 4. The van der Waals surface area contributed by atoms with Gasteiger partial charge in [0.2, 0.25) is 0 Å². The van der Waals surface area contributed by atoms with E-state index in [9.17, 15) is 29.3 Å². The van der Waals surface area contributed by atoms with Gasteiger partial charge in [0.05, 0.1) is 12.7 Å². The topological polar surface area (TPSA) is 110 Å². The van der Waals surface area contributed by atoms with E-state index in [4.69, 9.17) is 0 Å². The number of rotatable bonds is 6. The maximum Gasteiger partial charge on any atom is 0.350 e. The maximum atomic E-state index is 15.3. The highest BCUT2D eigenvalue weighted by atomic mass is 19.3. The lowest BCUT2D eigenvalue weighted by atomic mass is 9.93. The third-order valence-corrected chi connectivity index (χ3v) is 5.62. The second-order valence-corrected chi connectivity index (χ2v) is 8.02. The Kier molecular flexibility index (Phi) is 7.41. The van der Waals surface area contributed by atoms with E-state index in [0.717, 1.165) is 23.1 Å². The molecule has 1 heterocycles. The number of halogens is 3. The van der Waals surface area contributed by atoms with Crippen LogP contribution in [0.4, 0.5) is 18.9 Å². The first-order chi connectivity index (χ1) is 15.5. The average Bonchev–Trinajstić information content (AvgIpc) is 2.80. The molecule has 1 unspecified atom stereocenters. The van der Waals surface area contributed by atoms with Gasteiger partial charge in [-0.15, -0.1) is 0 Å². The maximum absolute atomic E-state index is 15.3. The van der Waals surface area contributed by atoms with E-state index in [2.05, 4.69) is 5.32 Å². The summed E-state index contributed by atoms with van der Waals surface area (Å²) in [6.07, 6.45) is -2.05. The van der Waals surface area contributed by atoms with Gasteiger partial charge in [0.15, 0.2) is 0 Å². The minimum Gasteiger partial charge on any atom is -0.393 e. The van der Waals surface area contributed by atoms with Crippen molar-refractivity contribution in [2.24, 2.45) is 0 Å². The standard InChI is InChI=1S/C23H25F3N2O5/c1-13-10-15(3-5-19(13)24)27-21(32)14-2-4-17(20(31)12-29)18(11-14)23(25,26)22(33)28-8-6-16(30)7-9-28/h2-5,10-11,16,20,29-31H,6-9,12H2,1H3,(H,27,32). The number of hydrogen-bond acceptors (Lipinski definition) is 5. The van der Waals surface area contributed by atoms with Crippen molar-refractivity contribution in [3.63, 3.8) is 0 Å². The molecule has 7 nitrogen and oxygen atoms in total. The van der Waals surface area contributed by atoms with Gasteiger partial charge in [0.1, 0.15) is 11.9 Å². The number of anilines is 1. The Labute approximate surface area is 188 Å². The molecule has 0 bridgehead atoms. The molecule has 4 N–H and O–H groups in total. The van der Waals surface area contributed by atoms with Crippen LogP contribution in [0.3, 0.4) is 0 Å². The van der Waals surface area contributed by atoms with Crippen LogP contribution in [-0.4, -0.2) is 57.8 Å². The summed E-state index contributed by atoms with van der Waals surface area (Å²) in [6, 6.07) is 6.88. The largest absolute Gasteiger partial charge is 0.393 e. The number of nitrogens with zero attached hydrogens (tertiary/aromatic N) is 1. The quantitative estimate of drug-likeness (QED) is 0.523. The first-order valence-corrected chi connectivity index (χ1v) is 10.4. The van der Waals surface area contributed by atoms with Crippen molar-refractivity contribution in [3.05, 3.63) is 64.5 Å². The molecule has 178 valence electrons. The van der Waals surface area contributed by atoms with E-state index in [1.54, 1.807) is 0 Å². The van der Waals surface area contributed by atoms with Gasteiger partial charge in [-0.1, -0.05) is 6.07 Å². The summed E-state index contributed by atoms with van der Waals surface area (Å²) in [5, 5.41) is 31.4. The zero-order chi connectivity index (χ0) is 24.3. The Morgan fingerprint density at radius 2 is 1.85 bits per heavy atom. The highest BCUT2D eigenvalue weighted by Gasteiger charge is 2.47. The van der Waals surface area contributed by atoms with Crippen molar-refractivity contribution in [2.45, 2.75) is 37.9 Å². The summed E-state index contributed by atoms with van der Waals surface area (Å²) in [7, 11) is 0. The van der Waals surface area contributed by atoms with Crippen LogP contribution in [0.1, 0.15) is 46.0 Å². The molecule has 2 amide bonds. The number of benzene rings is 2. The number of piperidine rings is 1. The van der Waals surface area contributed by atoms with Crippen LogP contribution >= 0.6 is 0 Å². The summed E-state index contributed by atoms with van der Waals surface area (Å²) in [6.45, 7) is 0.517. The SMILES string of the molecule is Cc1cc(NC(=O)c2ccc(C(O)CO)c(C(F)(F)C(=O)N3CCC(O)CC3)c2)ccc1F. The van der Waals surface area contributed by atoms with Crippen molar-refractivity contribution < 1.29 is 38.1 Å². The minimum absolute atomic E-state index is 0.0580. The summed E-state index contributed by atoms with van der Waals surface area (Å²) >= 11 is 0. The van der Waals surface area contributed by atoms with Crippen molar-refractivity contribution in [1.82, 2.24) is 4.90 Å². The third kappa shape index (κ3) is 5.35. The monoisotopic (exact) mass is 466 g/mol. The number of aliphatic hydroxyl groups is 3. The van der Waals surface area contributed by atoms with Gasteiger partial charge in [0.25, 0.3) is 11.8 Å². The fraction of sp³-hybridized carbons (Fsp3) is 0.391. The zero-order valence-corrected chi connectivity index (χ0v) is 17.9. The molecule has 1 fully saturated rings. The van der Waals surface area contributed by atoms with E-state index in [1.807, 2.05) is 0 Å². The number of aryl methyl sites for hydroxylation is 1. The first-order valence-electron chi connectivity index (χ1n) is 10.4. The third-order valence-electron chi connectivity index (χ3n) is 5.62. The number of carbonyl (C=O) groups is 2. The molecule has 3 rings (SSSR count). The highest BCUT2D eigenvalue weighted by molar-refractivity contribution is 6.04. The molecule has 1 saturated heterocycles. The van der Waals surface area contributed by atoms with Crippen LogP contribution in [0.25, 0.3) is 0 Å². The van der Waals surface area contributed by atoms with Crippen LogP contribution in [0.2, 0.25) is 0 Å². The van der Waals surface area contributed by atoms with E-state index in [0.29, 0.717) is 0 Å². The molecule has 10 heteroatoms. The van der Waals surface area contributed by atoms with Crippen LogP contribution in [-0.2, 0) is 10.7 Å². The molecule has 0 aliphatic carbocycles. The Bertz CT molecular complexity index is 1040. The number of carbonyl (C=O) groups excluding carboxylic acids is 2. The smallest absolute Gasteiger partial charge is 0.350 e. The van der Waals surface area contributed by atoms with Gasteiger partial charge in [-0.25, -0.2) is 4.39 Å². The molecular formula is C23H25F3N2O5. The number of likely N-dealkylation sites (tertiary alicyclic amines) is 1. The Morgan fingerprint density at radius 1 is 1.18 bits per heavy atom. The molecule has 33 heavy (non-hydrogen) atoms. The van der Waals surface area contributed by atoms with Gasteiger partial charge in [-0.2, -0.15) is 8.78 Å². The molecule has 0 radical (unpaired) electrons. The first kappa shape index (κ1) is 24.7. The van der Waals surface area contributed by atoms with Gasteiger partial charge in [-0.05, 0) is 61.2 Å². The number of alkyl halides is 2. The normalized spacial score (nSPS) is 15.9. The van der Waals surface area contributed by atoms with E-state index in [-0.39, 0.29) is 48.3 Å². The predicted molar refractivity (Wildman–Crippen MR) is 113 cm³/mol. The molecule has 2 aromatic rings. The van der Waals surface area contributed by atoms with Crippen LogP contribution in [0.5, 0.6) is 0 Å². The number of nitrogens with one attached hydrogen (secondary N) is 1. The summed E-state index contributed by atoms with van der Waals surface area (Å²) < 4.78 is 44.1. The van der Waals surface area contributed by atoms with Gasteiger partial charge >= 0.3 is 5.92 Å². The summed E-state index contributed by atoms with van der Waals surface area (Å²) in [5.41, 5.74) is -0.985. The van der Waals surface area contributed by atoms with Crippen molar-refractivity contribution in [1.29, 1.82) is 0 Å². The van der Waals surface area contributed by atoms with Crippen molar-refractivity contribution in [3.8, 4) is 0 Å². The molecule has 0 saturated carbocycles. The van der Waals surface area contributed by atoms with Crippen LogP contribution in [0, 0.1) is 12.7 Å². The van der Waals surface area contributed by atoms with Crippen molar-refractivity contribution >= 4 is 17.5 Å². The van der Waals surface area contributed by atoms with Crippen LogP contribution in [0.15, 0.2) is 36.4 Å². The Hall–Kier alpha value is -2.95. The van der Waals surface area contributed by atoms with E-state index < -0.39 is 47.9 Å². The average molecular weight is 466 g/mol. The second-order valence-electron chi connectivity index (χ2n) is 8.02. The molecule has 1 atom stereocenters. The molecule has 1 aliphatic heterocycles. The van der Waals surface area contributed by atoms with E-state index >= 15 is 8.78 Å². The van der Waals surface area contributed by atoms with Gasteiger partial charge in [-0.3, -0.25) is 9.59 Å². The zero-order valence-electron chi connectivity index (χ0n) is 17.9. The molecule has 1 aliphatic rings. The number of aliphatic hydroxyl groups excluding tert-OH is 3. The van der Waals surface area contributed by atoms with Gasteiger partial charge < -0.3 is 25.5 Å². The van der Waals surface area contributed by atoms with Gasteiger partial charge in [0, 0.05) is 29.9 Å².